The van der Waals surface area contributed by atoms with Gasteiger partial charge in [0, 0.05) is 12.6 Å². The van der Waals surface area contributed by atoms with E-state index in [0.717, 1.165) is 17.3 Å². The summed E-state index contributed by atoms with van der Waals surface area (Å²) in [6.07, 6.45) is 7.85. The van der Waals surface area contributed by atoms with E-state index in [1.807, 2.05) is 17.5 Å². The first-order valence-electron chi connectivity index (χ1n) is 8.17. The molecule has 2 atom stereocenters. The lowest BCUT2D eigenvalue weighted by atomic mass is 9.78. The van der Waals surface area contributed by atoms with Gasteiger partial charge in [0.1, 0.15) is 6.67 Å². The smallest absolute Gasteiger partial charge is 0.387 e. The van der Waals surface area contributed by atoms with Crippen LogP contribution in [-0.4, -0.2) is 27.3 Å². The lowest BCUT2D eigenvalue weighted by molar-refractivity contribution is 0.0311. The molecule has 0 spiro atoms. The second-order valence-electron chi connectivity index (χ2n) is 6.36. The molecule has 4 rings (SSSR count). The highest BCUT2D eigenvalue weighted by atomic mass is 32.1. The lowest BCUT2D eigenvalue weighted by Gasteiger charge is -2.43. The molecule has 22 heavy (non-hydrogen) atoms. The quantitative estimate of drug-likeness (QED) is 0.872. The molecule has 0 aromatic carbocycles. The van der Waals surface area contributed by atoms with Crippen LogP contribution >= 0.6 is 11.3 Å². The van der Waals surface area contributed by atoms with Crippen LogP contribution in [0.15, 0.2) is 26.7 Å². The number of piperidine rings is 1. The summed E-state index contributed by atoms with van der Waals surface area (Å²) in [4.78, 5) is 15.4. The van der Waals surface area contributed by atoms with E-state index >= 15 is 0 Å². The number of likely N-dealkylation sites (tertiary alicyclic amines) is 1. The number of thiophene rings is 1. The Balaban J connectivity index is 1.54. The summed E-state index contributed by atoms with van der Waals surface area (Å²) in [7, 11) is 0. The number of rotatable bonds is 3. The van der Waals surface area contributed by atoms with Crippen LogP contribution in [0.3, 0.4) is 0 Å². The van der Waals surface area contributed by atoms with Crippen molar-refractivity contribution >= 4 is 11.3 Å². The molecule has 118 valence electrons. The summed E-state index contributed by atoms with van der Waals surface area (Å²) in [6, 6.07) is 4.49. The summed E-state index contributed by atoms with van der Waals surface area (Å²) in [6.45, 7) is 1.63. The average molecular weight is 319 g/mol. The van der Waals surface area contributed by atoms with Gasteiger partial charge in [0.2, 0.25) is 0 Å². The topological polar surface area (TPSA) is 51.3 Å². The van der Waals surface area contributed by atoms with Crippen LogP contribution in [-0.2, 0) is 6.67 Å². The van der Waals surface area contributed by atoms with Crippen molar-refractivity contribution in [3.05, 3.63) is 28.1 Å². The molecule has 6 heteroatoms. The molecule has 1 saturated carbocycles. The zero-order chi connectivity index (χ0) is 14.9. The molecule has 1 aliphatic carbocycles. The average Bonchev–Trinajstić information content (AvgIpc) is 3.18. The molecule has 2 aliphatic rings. The maximum Gasteiger partial charge on any atom is 0.438 e. The van der Waals surface area contributed by atoms with E-state index in [0.29, 0.717) is 18.6 Å². The largest absolute Gasteiger partial charge is 0.438 e. The van der Waals surface area contributed by atoms with Crippen LogP contribution < -0.4 is 5.76 Å². The summed E-state index contributed by atoms with van der Waals surface area (Å²) in [5, 5.41) is 6.35. The fourth-order valence-corrected chi connectivity index (χ4v) is 4.62. The maximum atomic E-state index is 12.1. The van der Waals surface area contributed by atoms with Gasteiger partial charge in [0.25, 0.3) is 5.89 Å². The molecule has 2 aromatic rings. The van der Waals surface area contributed by atoms with Gasteiger partial charge in [-0.1, -0.05) is 18.9 Å². The SMILES string of the molecule is O=c1oc(-c2cccs2)nn1CN1CCC[C@H]2CCCC[C@H]21. The van der Waals surface area contributed by atoms with E-state index in [2.05, 4.69) is 10.00 Å². The fraction of sp³-hybridized carbons (Fsp3) is 0.625. The van der Waals surface area contributed by atoms with Crippen LogP contribution in [0, 0.1) is 5.92 Å². The molecule has 0 N–H and O–H groups in total. The van der Waals surface area contributed by atoms with E-state index in [9.17, 15) is 4.79 Å². The highest BCUT2D eigenvalue weighted by molar-refractivity contribution is 7.13. The molecular weight excluding hydrogens is 298 g/mol. The third kappa shape index (κ3) is 2.65. The van der Waals surface area contributed by atoms with Gasteiger partial charge in [0.15, 0.2) is 0 Å². The van der Waals surface area contributed by atoms with E-state index < -0.39 is 0 Å². The summed E-state index contributed by atoms with van der Waals surface area (Å²) in [5.74, 6) is 0.903. The standard InChI is InChI=1S/C16H21N3O2S/c20-16-19(17-15(21-16)14-8-4-10-22-14)11-18-9-3-6-12-5-1-2-7-13(12)18/h4,8,10,12-13H,1-3,5-7,9,11H2/t12-,13-/m1/s1. The Labute approximate surface area is 133 Å². The van der Waals surface area contributed by atoms with E-state index in [4.69, 9.17) is 4.42 Å². The first-order valence-corrected chi connectivity index (χ1v) is 9.05. The van der Waals surface area contributed by atoms with Crippen molar-refractivity contribution in [3.8, 4) is 10.8 Å². The fourth-order valence-electron chi connectivity index (χ4n) is 3.97. The summed E-state index contributed by atoms with van der Waals surface area (Å²) in [5.41, 5.74) is 0. The highest BCUT2D eigenvalue weighted by Crippen LogP contribution is 2.35. The van der Waals surface area contributed by atoms with Gasteiger partial charge in [-0.2, -0.15) is 4.68 Å². The number of nitrogens with zero attached hydrogens (tertiary/aromatic N) is 3. The molecule has 0 amide bonds. The molecule has 0 bridgehead atoms. The van der Waals surface area contributed by atoms with Crippen LogP contribution in [0.1, 0.15) is 38.5 Å². The Morgan fingerprint density at radius 3 is 3.00 bits per heavy atom. The molecule has 1 saturated heterocycles. The normalized spacial score (nSPS) is 26.0. The van der Waals surface area contributed by atoms with E-state index in [-0.39, 0.29) is 5.76 Å². The van der Waals surface area contributed by atoms with E-state index in [1.54, 1.807) is 11.3 Å². The third-order valence-corrected chi connectivity index (χ3v) is 5.87. The third-order valence-electron chi connectivity index (χ3n) is 5.01. The van der Waals surface area contributed by atoms with Crippen molar-refractivity contribution in [1.82, 2.24) is 14.7 Å². The van der Waals surface area contributed by atoms with Crippen molar-refractivity contribution in [3.63, 3.8) is 0 Å². The maximum absolute atomic E-state index is 12.1. The Bertz CT molecular complexity index is 674. The van der Waals surface area contributed by atoms with Crippen molar-refractivity contribution in [2.24, 2.45) is 5.92 Å². The minimum atomic E-state index is -0.346. The molecule has 5 nitrogen and oxygen atoms in total. The second-order valence-corrected chi connectivity index (χ2v) is 7.31. The second kappa shape index (κ2) is 6.01. The first kappa shape index (κ1) is 14.2. The van der Waals surface area contributed by atoms with E-state index in [1.165, 1.54) is 43.2 Å². The van der Waals surface area contributed by atoms with Crippen LogP contribution in [0.25, 0.3) is 10.8 Å². The number of fused-ring (bicyclic) bond motifs is 1. The van der Waals surface area contributed by atoms with Crippen molar-refractivity contribution in [2.75, 3.05) is 6.54 Å². The number of aromatic nitrogens is 2. The van der Waals surface area contributed by atoms with Gasteiger partial charge in [0.05, 0.1) is 4.88 Å². The van der Waals surface area contributed by atoms with Crippen LogP contribution in [0.5, 0.6) is 0 Å². The first-order chi connectivity index (χ1) is 10.8. The van der Waals surface area contributed by atoms with Gasteiger partial charge >= 0.3 is 5.76 Å². The lowest BCUT2D eigenvalue weighted by Crippen LogP contribution is -2.48. The van der Waals surface area contributed by atoms with Gasteiger partial charge in [-0.25, -0.2) is 4.79 Å². The van der Waals surface area contributed by atoms with Gasteiger partial charge in [-0.15, -0.1) is 16.4 Å². The van der Waals surface area contributed by atoms with Crippen molar-refractivity contribution < 1.29 is 4.42 Å². The molecule has 3 heterocycles. The monoisotopic (exact) mass is 319 g/mol. The highest BCUT2D eigenvalue weighted by Gasteiger charge is 2.33. The summed E-state index contributed by atoms with van der Waals surface area (Å²) < 4.78 is 6.81. The van der Waals surface area contributed by atoms with Crippen molar-refractivity contribution in [1.29, 1.82) is 0 Å². The number of hydrogen-bond donors (Lipinski definition) is 0. The Hall–Kier alpha value is -1.40. The minimum Gasteiger partial charge on any atom is -0.387 e. The number of hydrogen-bond acceptors (Lipinski definition) is 5. The van der Waals surface area contributed by atoms with Crippen LogP contribution in [0.2, 0.25) is 0 Å². The van der Waals surface area contributed by atoms with Crippen molar-refractivity contribution in [2.45, 2.75) is 51.2 Å². The molecule has 2 fully saturated rings. The van der Waals surface area contributed by atoms with Gasteiger partial charge in [-0.05, 0) is 43.0 Å². The molecule has 0 radical (unpaired) electrons. The molecular formula is C16H21N3O2S. The molecule has 2 aromatic heterocycles. The minimum absolute atomic E-state index is 0.346. The Kier molecular flexibility index (Phi) is 3.88. The zero-order valence-electron chi connectivity index (χ0n) is 12.6. The Morgan fingerprint density at radius 1 is 1.27 bits per heavy atom. The summed E-state index contributed by atoms with van der Waals surface area (Å²) >= 11 is 1.54. The zero-order valence-corrected chi connectivity index (χ0v) is 13.4. The predicted molar refractivity (Wildman–Crippen MR) is 85.8 cm³/mol. The predicted octanol–water partition coefficient (Wildman–Crippen LogP) is 3.18. The van der Waals surface area contributed by atoms with Gasteiger partial charge < -0.3 is 4.42 Å². The van der Waals surface area contributed by atoms with Gasteiger partial charge in [-0.3, -0.25) is 4.90 Å². The molecule has 0 unspecified atom stereocenters. The Morgan fingerprint density at radius 2 is 2.14 bits per heavy atom. The molecule has 1 aliphatic heterocycles. The van der Waals surface area contributed by atoms with Crippen LogP contribution in [0.4, 0.5) is 0 Å².